The Labute approximate surface area is 189 Å². The number of aliphatic hydroxyl groups is 1. The fraction of sp³-hybridized carbons (Fsp3) is 0.462. The lowest BCUT2D eigenvalue weighted by Crippen LogP contribution is -2.42. The zero-order chi connectivity index (χ0) is 22.8. The lowest BCUT2D eigenvalue weighted by Gasteiger charge is -2.35. The van der Waals surface area contributed by atoms with E-state index in [-0.39, 0.29) is 30.4 Å². The van der Waals surface area contributed by atoms with Gasteiger partial charge in [0.15, 0.2) is 0 Å². The minimum Gasteiger partial charge on any atom is -0.487 e. The fourth-order valence-corrected chi connectivity index (χ4v) is 4.97. The highest BCUT2D eigenvalue weighted by Crippen LogP contribution is 2.38. The van der Waals surface area contributed by atoms with E-state index in [0.29, 0.717) is 31.0 Å². The van der Waals surface area contributed by atoms with Gasteiger partial charge in [0.05, 0.1) is 12.6 Å². The number of aliphatic hydroxyl groups excluding tert-OH is 1. The van der Waals surface area contributed by atoms with Crippen molar-refractivity contribution in [2.45, 2.75) is 45.8 Å². The molecule has 6 heteroatoms. The Hall–Kier alpha value is -2.86. The Morgan fingerprint density at radius 1 is 1.06 bits per heavy atom. The van der Waals surface area contributed by atoms with Crippen LogP contribution in [0.2, 0.25) is 0 Å². The van der Waals surface area contributed by atoms with Crippen LogP contribution in [0.15, 0.2) is 42.5 Å². The number of likely N-dealkylation sites (tertiary alicyclic amines) is 1. The van der Waals surface area contributed by atoms with E-state index in [1.165, 1.54) is 5.56 Å². The highest BCUT2D eigenvalue weighted by Gasteiger charge is 2.44. The number of aryl methyl sites for hydroxylation is 2. The lowest BCUT2D eigenvalue weighted by molar-refractivity contribution is -0.129. The fourth-order valence-electron chi connectivity index (χ4n) is 4.97. The molecule has 2 aromatic rings. The van der Waals surface area contributed by atoms with Crippen LogP contribution in [0.3, 0.4) is 0 Å². The van der Waals surface area contributed by atoms with E-state index in [0.717, 1.165) is 23.3 Å². The summed E-state index contributed by atoms with van der Waals surface area (Å²) in [5, 5.41) is 13.5. The molecular formula is C26H32N2O4. The molecule has 1 saturated carbocycles. The van der Waals surface area contributed by atoms with Crippen molar-refractivity contribution in [2.75, 3.05) is 19.6 Å². The molecule has 2 fully saturated rings. The molecule has 1 aliphatic carbocycles. The van der Waals surface area contributed by atoms with Gasteiger partial charge < -0.3 is 20.1 Å². The summed E-state index contributed by atoms with van der Waals surface area (Å²) in [6.45, 7) is 7.41. The average molecular weight is 437 g/mol. The van der Waals surface area contributed by atoms with Gasteiger partial charge in [-0.3, -0.25) is 9.59 Å². The van der Waals surface area contributed by atoms with E-state index in [2.05, 4.69) is 18.3 Å². The van der Waals surface area contributed by atoms with E-state index in [9.17, 15) is 14.7 Å². The predicted molar refractivity (Wildman–Crippen MR) is 123 cm³/mol. The quantitative estimate of drug-likeness (QED) is 0.755. The number of hydrogen-bond acceptors (Lipinski definition) is 4. The van der Waals surface area contributed by atoms with Gasteiger partial charge in [0.2, 0.25) is 5.91 Å². The zero-order valence-electron chi connectivity index (χ0n) is 19.0. The van der Waals surface area contributed by atoms with E-state index in [1.807, 2.05) is 30.9 Å². The SMILES string of the molecule is Cc1cc(C)c(C)c(O[C@@H]2C[C@@H]3CN(C(=O)CNC(=O)c4ccccc4)C[C@@H]3C[C@H]2O)c1. The molecule has 32 heavy (non-hydrogen) atoms. The second kappa shape index (κ2) is 9.33. The largest absolute Gasteiger partial charge is 0.487 e. The molecule has 1 heterocycles. The molecular weight excluding hydrogens is 404 g/mol. The second-order valence-electron chi connectivity index (χ2n) is 9.27. The molecule has 2 N–H and O–H groups in total. The van der Waals surface area contributed by atoms with E-state index in [1.54, 1.807) is 24.3 Å². The van der Waals surface area contributed by atoms with Crippen molar-refractivity contribution in [1.82, 2.24) is 10.2 Å². The van der Waals surface area contributed by atoms with Crippen molar-refractivity contribution < 1.29 is 19.4 Å². The van der Waals surface area contributed by atoms with Crippen LogP contribution in [0.4, 0.5) is 0 Å². The van der Waals surface area contributed by atoms with Gasteiger partial charge in [-0.2, -0.15) is 0 Å². The van der Waals surface area contributed by atoms with Gasteiger partial charge >= 0.3 is 0 Å². The van der Waals surface area contributed by atoms with Crippen molar-refractivity contribution in [3.63, 3.8) is 0 Å². The minimum absolute atomic E-state index is 0.0165. The molecule has 0 unspecified atom stereocenters. The monoisotopic (exact) mass is 436 g/mol. The molecule has 6 nitrogen and oxygen atoms in total. The Kier molecular flexibility index (Phi) is 6.51. The molecule has 170 valence electrons. The number of carbonyl (C=O) groups is 2. The van der Waals surface area contributed by atoms with E-state index < -0.39 is 6.10 Å². The van der Waals surface area contributed by atoms with Gasteiger partial charge in [-0.05, 0) is 80.3 Å². The summed E-state index contributed by atoms with van der Waals surface area (Å²) in [7, 11) is 0. The maximum atomic E-state index is 12.7. The first-order chi connectivity index (χ1) is 15.3. The van der Waals surface area contributed by atoms with E-state index >= 15 is 0 Å². The van der Waals surface area contributed by atoms with Crippen LogP contribution >= 0.6 is 0 Å². The summed E-state index contributed by atoms with van der Waals surface area (Å²) in [5.41, 5.74) is 3.96. The predicted octanol–water partition coefficient (Wildman–Crippen LogP) is 3.02. The van der Waals surface area contributed by atoms with Gasteiger partial charge in [0.25, 0.3) is 5.91 Å². The normalized spacial score (nSPS) is 24.7. The highest BCUT2D eigenvalue weighted by molar-refractivity contribution is 5.96. The van der Waals surface area contributed by atoms with Crippen LogP contribution < -0.4 is 10.1 Å². The molecule has 1 saturated heterocycles. The number of nitrogens with one attached hydrogen (secondary N) is 1. The van der Waals surface area contributed by atoms with Crippen LogP contribution in [-0.4, -0.2) is 53.7 Å². The molecule has 0 aromatic heterocycles. The van der Waals surface area contributed by atoms with Crippen LogP contribution in [0, 0.1) is 32.6 Å². The maximum Gasteiger partial charge on any atom is 0.251 e. The van der Waals surface area contributed by atoms with Crippen molar-refractivity contribution in [3.05, 3.63) is 64.7 Å². The molecule has 4 atom stereocenters. The zero-order valence-corrected chi connectivity index (χ0v) is 19.0. The number of fused-ring (bicyclic) bond motifs is 1. The highest BCUT2D eigenvalue weighted by atomic mass is 16.5. The van der Waals surface area contributed by atoms with Gasteiger partial charge in [0.1, 0.15) is 11.9 Å². The molecule has 2 aliphatic rings. The first kappa shape index (κ1) is 22.3. The number of amides is 2. The summed E-state index contributed by atoms with van der Waals surface area (Å²) in [4.78, 5) is 26.8. The minimum atomic E-state index is -0.552. The smallest absolute Gasteiger partial charge is 0.251 e. The summed E-state index contributed by atoms with van der Waals surface area (Å²) in [6, 6.07) is 13.1. The number of ether oxygens (including phenoxy) is 1. The van der Waals surface area contributed by atoms with Crippen molar-refractivity contribution in [3.8, 4) is 5.75 Å². The molecule has 2 aromatic carbocycles. The third-order valence-electron chi connectivity index (χ3n) is 6.92. The summed E-state index contributed by atoms with van der Waals surface area (Å²) < 4.78 is 6.28. The van der Waals surface area contributed by atoms with Gasteiger partial charge in [-0.15, -0.1) is 0 Å². The topological polar surface area (TPSA) is 78.9 Å². The van der Waals surface area contributed by atoms with Gasteiger partial charge in [-0.1, -0.05) is 24.3 Å². The van der Waals surface area contributed by atoms with Crippen molar-refractivity contribution >= 4 is 11.8 Å². The number of nitrogens with zero attached hydrogens (tertiary/aromatic N) is 1. The maximum absolute atomic E-state index is 12.7. The Morgan fingerprint density at radius 2 is 1.75 bits per heavy atom. The Bertz CT molecular complexity index is 991. The number of carbonyl (C=O) groups excluding carboxylic acids is 2. The third kappa shape index (κ3) is 4.80. The molecule has 4 rings (SSSR count). The third-order valence-corrected chi connectivity index (χ3v) is 6.92. The first-order valence-corrected chi connectivity index (χ1v) is 11.4. The number of hydrogen-bond donors (Lipinski definition) is 2. The number of rotatable bonds is 5. The standard InChI is InChI=1S/C26H32N2O4/c1-16-9-17(2)18(3)23(10-16)32-24-12-21-15-28(14-20(21)11-22(24)29)25(30)13-27-26(31)19-7-5-4-6-8-19/h4-10,20-22,24,29H,11-15H2,1-3H3,(H,27,31)/t20-,21+,22+,24+/m0/s1. The van der Waals surface area contributed by atoms with Crippen LogP contribution in [0.5, 0.6) is 5.75 Å². The summed E-state index contributed by atoms with van der Waals surface area (Å²) in [6.07, 6.45) is 0.519. The van der Waals surface area contributed by atoms with Gasteiger partial charge in [-0.25, -0.2) is 0 Å². The van der Waals surface area contributed by atoms with Crippen LogP contribution in [-0.2, 0) is 4.79 Å². The molecule has 0 spiro atoms. The van der Waals surface area contributed by atoms with Crippen molar-refractivity contribution in [2.24, 2.45) is 11.8 Å². The second-order valence-corrected chi connectivity index (χ2v) is 9.27. The molecule has 1 aliphatic heterocycles. The lowest BCUT2D eigenvalue weighted by atomic mass is 9.78. The number of benzene rings is 2. The van der Waals surface area contributed by atoms with Crippen LogP contribution in [0.1, 0.15) is 39.9 Å². The van der Waals surface area contributed by atoms with Crippen LogP contribution in [0.25, 0.3) is 0 Å². The van der Waals surface area contributed by atoms with Gasteiger partial charge in [0, 0.05) is 18.7 Å². The molecule has 0 radical (unpaired) electrons. The Balaban J connectivity index is 1.34. The molecule has 2 amide bonds. The van der Waals surface area contributed by atoms with E-state index in [4.69, 9.17) is 4.74 Å². The molecule has 0 bridgehead atoms. The summed E-state index contributed by atoms with van der Waals surface area (Å²) in [5.74, 6) is 1.06. The average Bonchev–Trinajstić information content (AvgIpc) is 3.18. The van der Waals surface area contributed by atoms with Crippen molar-refractivity contribution in [1.29, 1.82) is 0 Å². The summed E-state index contributed by atoms with van der Waals surface area (Å²) >= 11 is 0. The first-order valence-electron chi connectivity index (χ1n) is 11.4. The Morgan fingerprint density at radius 3 is 2.47 bits per heavy atom.